The van der Waals surface area contributed by atoms with Crippen molar-refractivity contribution in [3.05, 3.63) is 15.4 Å². The normalized spacial score (nSPS) is 8.82. The zero-order valence-electron chi connectivity index (χ0n) is 7.23. The highest BCUT2D eigenvalue weighted by molar-refractivity contribution is 7.71. The van der Waals surface area contributed by atoms with Crippen LogP contribution in [0.25, 0.3) is 0 Å². The predicted molar refractivity (Wildman–Crippen MR) is 51.7 cm³/mol. The third-order valence-corrected chi connectivity index (χ3v) is 2.17. The molecule has 4 heteroatoms. The van der Waals surface area contributed by atoms with Gasteiger partial charge in [0.1, 0.15) is 9.79 Å². The van der Waals surface area contributed by atoms with Gasteiger partial charge in [0.25, 0.3) is 0 Å². The van der Waals surface area contributed by atoms with Gasteiger partial charge in [-0.3, -0.25) is 9.78 Å². The van der Waals surface area contributed by atoms with Gasteiger partial charge in [-0.05, 0) is 6.92 Å². The van der Waals surface area contributed by atoms with E-state index in [4.69, 9.17) is 23.8 Å². The van der Waals surface area contributed by atoms with Crippen molar-refractivity contribution in [3.63, 3.8) is 0 Å². The third-order valence-electron chi connectivity index (χ3n) is 1.22. The van der Waals surface area contributed by atoms with Crippen molar-refractivity contribution in [3.8, 4) is 0 Å². The van der Waals surface area contributed by atoms with Crippen LogP contribution in [0.2, 0.25) is 5.15 Å². The number of hydrogen-bond acceptors (Lipinski definition) is 1. The molecule has 0 atom stereocenters. The molecule has 0 spiro atoms. The molecule has 0 aliphatic rings. The van der Waals surface area contributed by atoms with Crippen LogP contribution in [0.5, 0.6) is 0 Å². The molecule has 1 aromatic heterocycles. The number of rotatable bonds is 0. The Labute approximate surface area is 77.2 Å². The van der Waals surface area contributed by atoms with E-state index in [1.165, 1.54) is 0 Å². The fourth-order valence-corrected chi connectivity index (χ4v) is 1.05. The highest BCUT2D eigenvalue weighted by Crippen LogP contribution is 2.12. The number of nitrogens with one attached hydrogen (secondary N) is 1. The summed E-state index contributed by atoms with van der Waals surface area (Å²) in [6, 6.07) is 0. The van der Waals surface area contributed by atoms with E-state index in [2.05, 4.69) is 5.10 Å². The summed E-state index contributed by atoms with van der Waals surface area (Å²) in [7, 11) is 1.83. The number of aryl methyl sites for hydroxylation is 1. The SMILES string of the molecule is CC.Cc1c(Cl)[nH]n(C)c1=S. The molecule has 0 saturated carbocycles. The van der Waals surface area contributed by atoms with E-state index in [1.54, 1.807) is 4.68 Å². The molecule has 0 fully saturated rings. The quantitative estimate of drug-likeness (QED) is 0.627. The fraction of sp³-hybridized carbons (Fsp3) is 0.571. The highest BCUT2D eigenvalue weighted by Gasteiger charge is 1.99. The van der Waals surface area contributed by atoms with E-state index >= 15 is 0 Å². The molecule has 0 saturated heterocycles. The summed E-state index contributed by atoms with van der Waals surface area (Å²) in [5.74, 6) is 0. The van der Waals surface area contributed by atoms with Gasteiger partial charge in [-0.15, -0.1) is 0 Å². The Balaban J connectivity index is 0.000000461. The van der Waals surface area contributed by atoms with Gasteiger partial charge < -0.3 is 0 Å². The molecule has 11 heavy (non-hydrogen) atoms. The van der Waals surface area contributed by atoms with Gasteiger partial charge in [-0.2, -0.15) is 0 Å². The summed E-state index contributed by atoms with van der Waals surface area (Å²) in [6.07, 6.45) is 0. The summed E-state index contributed by atoms with van der Waals surface area (Å²) in [6.45, 7) is 5.89. The number of H-pyrrole nitrogens is 1. The van der Waals surface area contributed by atoms with Gasteiger partial charge in [0, 0.05) is 12.6 Å². The molecule has 0 aliphatic carbocycles. The van der Waals surface area contributed by atoms with Crippen molar-refractivity contribution in [1.82, 2.24) is 9.78 Å². The van der Waals surface area contributed by atoms with Crippen LogP contribution in [0.15, 0.2) is 0 Å². The summed E-state index contributed by atoms with van der Waals surface area (Å²) < 4.78 is 2.48. The molecular formula is C7H13ClN2S. The predicted octanol–water partition coefficient (Wildman–Crippen LogP) is 3.07. The lowest BCUT2D eigenvalue weighted by Crippen LogP contribution is -1.87. The average Bonchev–Trinajstić information content (AvgIpc) is 2.22. The first kappa shape index (κ1) is 10.7. The van der Waals surface area contributed by atoms with Gasteiger partial charge in [-0.25, -0.2) is 0 Å². The minimum Gasteiger partial charge on any atom is -0.287 e. The fourth-order valence-electron chi connectivity index (χ4n) is 0.627. The van der Waals surface area contributed by atoms with Crippen molar-refractivity contribution in [2.45, 2.75) is 20.8 Å². The summed E-state index contributed by atoms with van der Waals surface area (Å²) in [4.78, 5) is 0. The smallest absolute Gasteiger partial charge is 0.126 e. The largest absolute Gasteiger partial charge is 0.287 e. The van der Waals surface area contributed by atoms with E-state index < -0.39 is 0 Å². The minimum atomic E-state index is 0.627. The first-order valence-corrected chi connectivity index (χ1v) is 4.32. The van der Waals surface area contributed by atoms with Crippen LogP contribution in [-0.2, 0) is 7.05 Å². The van der Waals surface area contributed by atoms with Crippen molar-refractivity contribution < 1.29 is 0 Å². The molecule has 1 rings (SSSR count). The van der Waals surface area contributed by atoms with Gasteiger partial charge in [0.05, 0.1) is 0 Å². The second kappa shape index (κ2) is 4.57. The summed E-state index contributed by atoms with van der Waals surface area (Å²) in [5, 5.41) is 3.48. The maximum Gasteiger partial charge on any atom is 0.126 e. The van der Waals surface area contributed by atoms with Crippen LogP contribution in [0.4, 0.5) is 0 Å². The molecule has 0 unspecified atom stereocenters. The van der Waals surface area contributed by atoms with Crippen LogP contribution in [0.1, 0.15) is 19.4 Å². The average molecular weight is 193 g/mol. The first-order chi connectivity index (χ1) is 5.13. The van der Waals surface area contributed by atoms with Crippen LogP contribution < -0.4 is 0 Å². The second-order valence-electron chi connectivity index (χ2n) is 1.91. The second-order valence-corrected chi connectivity index (χ2v) is 2.68. The van der Waals surface area contributed by atoms with Gasteiger partial charge >= 0.3 is 0 Å². The molecule has 0 aromatic carbocycles. The Morgan fingerprint density at radius 2 is 1.91 bits per heavy atom. The van der Waals surface area contributed by atoms with Crippen LogP contribution in [0.3, 0.4) is 0 Å². The van der Waals surface area contributed by atoms with E-state index in [-0.39, 0.29) is 0 Å². The van der Waals surface area contributed by atoms with E-state index in [1.807, 2.05) is 27.8 Å². The van der Waals surface area contributed by atoms with E-state index in [0.717, 1.165) is 10.2 Å². The van der Waals surface area contributed by atoms with Crippen LogP contribution in [0, 0.1) is 11.6 Å². The number of halogens is 1. The van der Waals surface area contributed by atoms with Crippen molar-refractivity contribution >= 4 is 23.8 Å². The number of nitrogens with zero attached hydrogens (tertiary/aromatic N) is 1. The minimum absolute atomic E-state index is 0.627. The zero-order valence-corrected chi connectivity index (χ0v) is 8.81. The molecule has 1 aromatic rings. The first-order valence-electron chi connectivity index (χ1n) is 3.54. The summed E-state index contributed by atoms with van der Waals surface area (Å²) in [5.41, 5.74) is 0.939. The van der Waals surface area contributed by atoms with E-state index in [9.17, 15) is 0 Å². The standard InChI is InChI=1S/C5H7ClN2S.C2H6/c1-3-4(6)7-8(2)5(3)9;1-2/h7H,1-2H3;1-2H3. The van der Waals surface area contributed by atoms with Crippen molar-refractivity contribution in [2.75, 3.05) is 0 Å². The molecule has 2 nitrogen and oxygen atoms in total. The Kier molecular flexibility index (Phi) is 4.45. The maximum atomic E-state index is 5.69. The van der Waals surface area contributed by atoms with Gasteiger partial charge in [0.2, 0.25) is 0 Å². The van der Waals surface area contributed by atoms with E-state index in [0.29, 0.717) is 5.15 Å². The Bertz CT molecular complexity index is 274. The summed E-state index contributed by atoms with van der Waals surface area (Å²) >= 11 is 10.7. The molecule has 1 N–H and O–H groups in total. The molecule has 0 radical (unpaired) electrons. The number of hydrogen-bond donors (Lipinski definition) is 1. The molecule has 0 aliphatic heterocycles. The molecule has 64 valence electrons. The topological polar surface area (TPSA) is 20.7 Å². The van der Waals surface area contributed by atoms with Crippen LogP contribution in [-0.4, -0.2) is 9.78 Å². The van der Waals surface area contributed by atoms with Crippen LogP contribution >= 0.6 is 23.8 Å². The zero-order chi connectivity index (χ0) is 9.02. The van der Waals surface area contributed by atoms with Gasteiger partial charge in [0.15, 0.2) is 0 Å². The lowest BCUT2D eigenvalue weighted by molar-refractivity contribution is 0.757. The lowest BCUT2D eigenvalue weighted by Gasteiger charge is -1.84. The molecule has 1 heterocycles. The Morgan fingerprint density at radius 3 is 2.00 bits per heavy atom. The molecule has 0 bridgehead atoms. The molecular weight excluding hydrogens is 180 g/mol. The monoisotopic (exact) mass is 192 g/mol. The number of aromatic amines is 1. The third kappa shape index (κ3) is 2.34. The number of aromatic nitrogens is 2. The molecule has 0 amide bonds. The van der Waals surface area contributed by atoms with Gasteiger partial charge in [-0.1, -0.05) is 37.7 Å². The Morgan fingerprint density at radius 1 is 1.45 bits per heavy atom. The van der Waals surface area contributed by atoms with Crippen molar-refractivity contribution in [1.29, 1.82) is 0 Å². The lowest BCUT2D eigenvalue weighted by atomic mass is 10.4. The Hall–Kier alpha value is -0.280. The highest BCUT2D eigenvalue weighted by atomic mass is 35.5. The maximum absolute atomic E-state index is 5.69. The van der Waals surface area contributed by atoms with Crippen molar-refractivity contribution in [2.24, 2.45) is 7.05 Å².